The molecule has 2 rings (SSSR count). The Hall–Kier alpha value is -0.770. The second-order valence-electron chi connectivity index (χ2n) is 5.24. The first-order chi connectivity index (χ1) is 8.31. The zero-order chi connectivity index (χ0) is 12.1. The van der Waals surface area contributed by atoms with E-state index >= 15 is 0 Å². The summed E-state index contributed by atoms with van der Waals surface area (Å²) in [7, 11) is 0. The normalized spacial score (nSPS) is 23.0. The van der Waals surface area contributed by atoms with E-state index in [0.29, 0.717) is 6.04 Å². The topological polar surface area (TPSA) is 35.6 Å². The molecule has 2 fully saturated rings. The van der Waals surface area contributed by atoms with Gasteiger partial charge >= 0.3 is 6.03 Å². The fourth-order valence-electron chi connectivity index (χ4n) is 2.66. The molecule has 0 unspecified atom stereocenters. The molecule has 0 spiro atoms. The second-order valence-corrected chi connectivity index (χ2v) is 5.24. The summed E-state index contributed by atoms with van der Waals surface area (Å²) in [5, 5.41) is 2.94. The van der Waals surface area contributed by atoms with Crippen molar-refractivity contribution in [3.05, 3.63) is 0 Å². The van der Waals surface area contributed by atoms with Gasteiger partial charge in [0.2, 0.25) is 0 Å². The highest BCUT2D eigenvalue weighted by Crippen LogP contribution is 2.19. The van der Waals surface area contributed by atoms with E-state index in [0.717, 1.165) is 26.1 Å². The van der Waals surface area contributed by atoms with E-state index < -0.39 is 0 Å². The molecule has 2 heterocycles. The average Bonchev–Trinajstić information content (AvgIpc) is 2.53. The predicted molar refractivity (Wildman–Crippen MR) is 69.1 cm³/mol. The SMILES string of the molecule is CCCNC(=O)N1CC(N2CCCCCC2)C1. The quantitative estimate of drug-likeness (QED) is 0.813. The minimum atomic E-state index is 0.123. The van der Waals surface area contributed by atoms with E-state index in [2.05, 4.69) is 17.1 Å². The van der Waals surface area contributed by atoms with Gasteiger partial charge in [0, 0.05) is 25.7 Å². The van der Waals surface area contributed by atoms with Gasteiger partial charge < -0.3 is 10.2 Å². The maximum absolute atomic E-state index is 11.7. The second kappa shape index (κ2) is 6.24. The van der Waals surface area contributed by atoms with Crippen molar-refractivity contribution in [2.45, 2.75) is 45.1 Å². The standard InChI is InChI=1S/C13H25N3O/c1-2-7-14-13(17)16-10-12(11-16)15-8-5-3-4-6-9-15/h12H,2-11H2,1H3,(H,14,17). The van der Waals surface area contributed by atoms with Crippen molar-refractivity contribution in [3.8, 4) is 0 Å². The van der Waals surface area contributed by atoms with Crippen LogP contribution in [0.5, 0.6) is 0 Å². The number of amides is 2. The third-order valence-corrected chi connectivity index (χ3v) is 3.83. The first-order valence-electron chi connectivity index (χ1n) is 7.08. The summed E-state index contributed by atoms with van der Waals surface area (Å²) in [5.74, 6) is 0. The molecule has 4 heteroatoms. The molecule has 0 aliphatic carbocycles. The molecule has 0 radical (unpaired) electrons. The molecule has 0 aromatic rings. The van der Waals surface area contributed by atoms with Crippen molar-refractivity contribution in [3.63, 3.8) is 0 Å². The average molecular weight is 239 g/mol. The Balaban J connectivity index is 1.68. The van der Waals surface area contributed by atoms with Crippen LogP contribution in [-0.2, 0) is 0 Å². The molecule has 1 N–H and O–H groups in total. The lowest BCUT2D eigenvalue weighted by atomic mass is 10.1. The van der Waals surface area contributed by atoms with Gasteiger partial charge in [-0.3, -0.25) is 4.90 Å². The van der Waals surface area contributed by atoms with Gasteiger partial charge in [0.15, 0.2) is 0 Å². The van der Waals surface area contributed by atoms with Crippen LogP contribution in [0.25, 0.3) is 0 Å². The largest absolute Gasteiger partial charge is 0.338 e. The zero-order valence-corrected chi connectivity index (χ0v) is 11.0. The maximum Gasteiger partial charge on any atom is 0.317 e. The number of carbonyl (C=O) groups is 1. The molecule has 0 aromatic heterocycles. The van der Waals surface area contributed by atoms with E-state index in [4.69, 9.17) is 0 Å². The summed E-state index contributed by atoms with van der Waals surface area (Å²) in [6.07, 6.45) is 6.43. The first kappa shape index (κ1) is 12.7. The van der Waals surface area contributed by atoms with Gasteiger partial charge in [-0.15, -0.1) is 0 Å². The van der Waals surface area contributed by atoms with Crippen molar-refractivity contribution in [1.82, 2.24) is 15.1 Å². The van der Waals surface area contributed by atoms with Crippen LogP contribution in [0.2, 0.25) is 0 Å². The molecule has 98 valence electrons. The van der Waals surface area contributed by atoms with Gasteiger partial charge in [0.05, 0.1) is 0 Å². The maximum atomic E-state index is 11.7. The molecule has 17 heavy (non-hydrogen) atoms. The van der Waals surface area contributed by atoms with Gasteiger partial charge in [0.25, 0.3) is 0 Å². The van der Waals surface area contributed by atoms with Crippen molar-refractivity contribution in [1.29, 1.82) is 0 Å². The van der Waals surface area contributed by atoms with Crippen LogP contribution in [0.4, 0.5) is 4.79 Å². The number of likely N-dealkylation sites (tertiary alicyclic amines) is 2. The molecule has 0 aromatic carbocycles. The summed E-state index contributed by atoms with van der Waals surface area (Å²) >= 11 is 0. The molecule has 2 saturated heterocycles. The monoisotopic (exact) mass is 239 g/mol. The van der Waals surface area contributed by atoms with Gasteiger partial charge in [-0.05, 0) is 32.4 Å². The Morgan fingerprint density at radius 3 is 2.41 bits per heavy atom. The summed E-state index contributed by atoms with van der Waals surface area (Å²) < 4.78 is 0. The number of nitrogens with one attached hydrogen (secondary N) is 1. The van der Waals surface area contributed by atoms with Crippen LogP contribution >= 0.6 is 0 Å². The highest BCUT2D eigenvalue weighted by Gasteiger charge is 2.34. The summed E-state index contributed by atoms with van der Waals surface area (Å²) in [6.45, 7) is 7.19. The molecule has 2 amide bonds. The van der Waals surface area contributed by atoms with E-state index in [1.165, 1.54) is 38.8 Å². The Morgan fingerprint density at radius 1 is 1.18 bits per heavy atom. The summed E-state index contributed by atoms with van der Waals surface area (Å²) in [6, 6.07) is 0.749. The van der Waals surface area contributed by atoms with Crippen LogP contribution in [0.15, 0.2) is 0 Å². The summed E-state index contributed by atoms with van der Waals surface area (Å²) in [4.78, 5) is 16.2. The number of hydrogen-bond acceptors (Lipinski definition) is 2. The smallest absolute Gasteiger partial charge is 0.317 e. The molecule has 2 aliphatic heterocycles. The Morgan fingerprint density at radius 2 is 1.82 bits per heavy atom. The van der Waals surface area contributed by atoms with E-state index in [-0.39, 0.29) is 6.03 Å². The molecule has 0 saturated carbocycles. The van der Waals surface area contributed by atoms with E-state index in [1.807, 2.05) is 4.90 Å². The van der Waals surface area contributed by atoms with Gasteiger partial charge in [0.1, 0.15) is 0 Å². The van der Waals surface area contributed by atoms with Crippen molar-refractivity contribution in [2.24, 2.45) is 0 Å². The minimum absolute atomic E-state index is 0.123. The molecule has 0 bridgehead atoms. The fraction of sp³-hybridized carbons (Fsp3) is 0.923. The molecular weight excluding hydrogens is 214 g/mol. The van der Waals surface area contributed by atoms with Crippen LogP contribution in [0, 0.1) is 0 Å². The lowest BCUT2D eigenvalue weighted by molar-refractivity contribution is 0.0589. The highest BCUT2D eigenvalue weighted by molar-refractivity contribution is 5.75. The number of urea groups is 1. The third-order valence-electron chi connectivity index (χ3n) is 3.83. The minimum Gasteiger partial charge on any atom is -0.338 e. The van der Waals surface area contributed by atoms with Crippen LogP contribution in [0.3, 0.4) is 0 Å². The van der Waals surface area contributed by atoms with Crippen LogP contribution in [0.1, 0.15) is 39.0 Å². The number of carbonyl (C=O) groups excluding carboxylic acids is 1. The fourth-order valence-corrected chi connectivity index (χ4v) is 2.66. The molecule has 4 nitrogen and oxygen atoms in total. The first-order valence-corrected chi connectivity index (χ1v) is 7.08. The molecule has 2 aliphatic rings. The van der Waals surface area contributed by atoms with Crippen molar-refractivity contribution >= 4 is 6.03 Å². The molecular formula is C13H25N3O. The Labute approximate surface area is 104 Å². The van der Waals surface area contributed by atoms with Gasteiger partial charge in [-0.1, -0.05) is 19.8 Å². The van der Waals surface area contributed by atoms with Gasteiger partial charge in [-0.25, -0.2) is 4.79 Å². The number of nitrogens with zero attached hydrogens (tertiary/aromatic N) is 2. The van der Waals surface area contributed by atoms with Crippen molar-refractivity contribution in [2.75, 3.05) is 32.7 Å². The third kappa shape index (κ3) is 3.35. The lowest BCUT2D eigenvalue weighted by Gasteiger charge is -2.45. The Kier molecular flexibility index (Phi) is 4.66. The van der Waals surface area contributed by atoms with Crippen LogP contribution in [-0.4, -0.2) is 54.6 Å². The summed E-state index contributed by atoms with van der Waals surface area (Å²) in [5.41, 5.74) is 0. The Bertz CT molecular complexity index is 243. The number of rotatable bonds is 3. The van der Waals surface area contributed by atoms with Crippen molar-refractivity contribution < 1.29 is 4.79 Å². The van der Waals surface area contributed by atoms with Gasteiger partial charge in [-0.2, -0.15) is 0 Å². The molecule has 0 atom stereocenters. The zero-order valence-electron chi connectivity index (χ0n) is 11.0. The lowest BCUT2D eigenvalue weighted by Crippen LogP contribution is -2.63. The highest BCUT2D eigenvalue weighted by atomic mass is 16.2. The number of hydrogen-bond donors (Lipinski definition) is 1. The van der Waals surface area contributed by atoms with Crippen LogP contribution < -0.4 is 5.32 Å². The van der Waals surface area contributed by atoms with E-state index in [9.17, 15) is 4.79 Å². The van der Waals surface area contributed by atoms with E-state index in [1.54, 1.807) is 0 Å². The predicted octanol–water partition coefficient (Wildman–Crippen LogP) is 1.67.